The van der Waals surface area contributed by atoms with Crippen molar-refractivity contribution in [2.24, 2.45) is 0 Å². The number of aromatic nitrogens is 2. The minimum Gasteiger partial charge on any atom is -0.389 e. The number of nitrogens with zero attached hydrogens (tertiary/aromatic N) is 3. The van der Waals surface area contributed by atoms with Crippen LogP contribution in [0.25, 0.3) is 0 Å². The van der Waals surface area contributed by atoms with Crippen molar-refractivity contribution in [3.63, 3.8) is 0 Å². The Morgan fingerprint density at radius 1 is 1.33 bits per heavy atom. The third-order valence-corrected chi connectivity index (χ3v) is 2.18. The van der Waals surface area contributed by atoms with Crippen LogP contribution >= 0.6 is 0 Å². The maximum atomic E-state index is 12.5. The summed E-state index contributed by atoms with van der Waals surface area (Å²) in [5, 5.41) is 9.69. The number of hydrogen-bond donors (Lipinski definition) is 1. The number of hydrogen-bond acceptors (Lipinski definition) is 4. The monoisotopic (exact) mass is 263 g/mol. The number of likely N-dealkylation sites (N-methyl/N-ethyl adjacent to an activating group) is 1. The summed E-state index contributed by atoms with van der Waals surface area (Å²) in [4.78, 5) is 8.79. The molecule has 0 aromatic carbocycles. The molecule has 0 saturated heterocycles. The normalized spacial score (nSPS) is 12.6. The average Bonchev–Trinajstić information content (AvgIpc) is 2.23. The van der Waals surface area contributed by atoms with Crippen molar-refractivity contribution in [1.29, 1.82) is 0 Å². The molecule has 7 heteroatoms. The molecular formula is C11H16F3N3O. The number of aliphatic hydroxyl groups is 1. The molecule has 1 heterocycles. The van der Waals surface area contributed by atoms with Crippen LogP contribution in [0.3, 0.4) is 0 Å². The topological polar surface area (TPSA) is 49.2 Å². The number of rotatable bonds is 4. The number of alkyl halides is 3. The summed E-state index contributed by atoms with van der Waals surface area (Å²) in [5.41, 5.74) is -2.02. The van der Waals surface area contributed by atoms with Crippen LogP contribution in [-0.2, 0) is 6.18 Å². The zero-order valence-corrected chi connectivity index (χ0v) is 10.5. The van der Waals surface area contributed by atoms with Gasteiger partial charge in [-0.05, 0) is 26.8 Å². The zero-order chi connectivity index (χ0) is 14.0. The lowest BCUT2D eigenvalue weighted by atomic mass is 10.1. The van der Waals surface area contributed by atoms with Gasteiger partial charge in [0.1, 0.15) is 5.69 Å². The van der Waals surface area contributed by atoms with E-state index in [4.69, 9.17) is 0 Å². The fourth-order valence-electron chi connectivity index (χ4n) is 1.45. The van der Waals surface area contributed by atoms with Crippen molar-refractivity contribution in [3.8, 4) is 0 Å². The van der Waals surface area contributed by atoms with Gasteiger partial charge in [0.2, 0.25) is 5.95 Å². The number of halogens is 3. The summed E-state index contributed by atoms with van der Waals surface area (Å²) in [7, 11) is 0. The Balaban J connectivity index is 3.00. The first-order valence-electron chi connectivity index (χ1n) is 5.51. The minimum absolute atomic E-state index is 0.0329. The molecule has 0 fully saturated rings. The van der Waals surface area contributed by atoms with Gasteiger partial charge in [0.25, 0.3) is 0 Å². The average molecular weight is 263 g/mol. The molecule has 0 spiro atoms. The van der Waals surface area contributed by atoms with Crippen molar-refractivity contribution < 1.29 is 18.3 Å². The highest BCUT2D eigenvalue weighted by molar-refractivity contribution is 5.31. The fraction of sp³-hybridized carbons (Fsp3) is 0.636. The van der Waals surface area contributed by atoms with E-state index in [1.807, 2.05) is 0 Å². The Morgan fingerprint density at radius 3 is 2.39 bits per heavy atom. The summed E-state index contributed by atoms with van der Waals surface area (Å²) in [5.74, 6) is -0.0329. The van der Waals surface area contributed by atoms with Gasteiger partial charge in [-0.3, -0.25) is 0 Å². The molecule has 0 atom stereocenters. The molecule has 0 saturated carbocycles. The molecule has 102 valence electrons. The van der Waals surface area contributed by atoms with Crippen molar-refractivity contribution in [2.45, 2.75) is 32.5 Å². The third kappa shape index (κ3) is 4.14. The Hall–Kier alpha value is -1.37. The minimum atomic E-state index is -4.49. The van der Waals surface area contributed by atoms with Gasteiger partial charge in [-0.2, -0.15) is 13.2 Å². The Morgan fingerprint density at radius 2 is 1.94 bits per heavy atom. The predicted molar refractivity (Wildman–Crippen MR) is 61.2 cm³/mol. The molecule has 1 aromatic heterocycles. The van der Waals surface area contributed by atoms with Crippen LogP contribution in [0.5, 0.6) is 0 Å². The van der Waals surface area contributed by atoms with Crippen LogP contribution in [0.2, 0.25) is 0 Å². The Bertz CT molecular complexity index is 401. The highest BCUT2D eigenvalue weighted by atomic mass is 19.4. The molecule has 0 unspecified atom stereocenters. The second-order valence-corrected chi connectivity index (χ2v) is 4.57. The molecule has 0 radical (unpaired) electrons. The molecule has 1 rings (SSSR count). The van der Waals surface area contributed by atoms with E-state index < -0.39 is 17.5 Å². The third-order valence-electron chi connectivity index (χ3n) is 2.18. The van der Waals surface area contributed by atoms with E-state index in [2.05, 4.69) is 9.97 Å². The second kappa shape index (κ2) is 5.09. The SMILES string of the molecule is CCN(CC(C)(C)O)c1nccc(C(F)(F)F)n1. The standard InChI is InChI=1S/C11H16F3N3O/c1-4-17(7-10(2,3)18)9-15-6-5-8(16-9)11(12,13)14/h5-6,18H,4,7H2,1-3H3. The first-order valence-corrected chi connectivity index (χ1v) is 5.51. The summed E-state index contributed by atoms with van der Waals surface area (Å²) in [6.07, 6.45) is -3.43. The van der Waals surface area contributed by atoms with E-state index in [1.54, 1.807) is 20.8 Å². The molecule has 0 amide bonds. The van der Waals surface area contributed by atoms with E-state index in [0.29, 0.717) is 6.54 Å². The first-order chi connectivity index (χ1) is 8.13. The molecule has 0 bridgehead atoms. The maximum Gasteiger partial charge on any atom is 0.433 e. The highest BCUT2D eigenvalue weighted by Crippen LogP contribution is 2.28. The molecule has 4 nitrogen and oxygen atoms in total. The van der Waals surface area contributed by atoms with Crippen LogP contribution in [-0.4, -0.2) is 33.8 Å². The zero-order valence-electron chi connectivity index (χ0n) is 10.5. The molecule has 18 heavy (non-hydrogen) atoms. The molecule has 1 aromatic rings. The van der Waals surface area contributed by atoms with Crippen molar-refractivity contribution in [2.75, 3.05) is 18.0 Å². The summed E-state index contributed by atoms with van der Waals surface area (Å²) in [6, 6.07) is 0.821. The summed E-state index contributed by atoms with van der Waals surface area (Å²) in [6.45, 7) is 5.47. The summed E-state index contributed by atoms with van der Waals surface area (Å²) < 4.78 is 37.5. The van der Waals surface area contributed by atoms with Crippen LogP contribution < -0.4 is 4.90 Å². The fourth-order valence-corrected chi connectivity index (χ4v) is 1.45. The van der Waals surface area contributed by atoms with Gasteiger partial charge in [-0.1, -0.05) is 0 Å². The van der Waals surface area contributed by atoms with Crippen molar-refractivity contribution in [3.05, 3.63) is 18.0 Å². The molecule has 1 N–H and O–H groups in total. The lowest BCUT2D eigenvalue weighted by molar-refractivity contribution is -0.141. The predicted octanol–water partition coefficient (Wildman–Crippen LogP) is 2.09. The van der Waals surface area contributed by atoms with Crippen LogP contribution in [0.1, 0.15) is 26.5 Å². The van der Waals surface area contributed by atoms with Gasteiger partial charge in [0.15, 0.2) is 0 Å². The smallest absolute Gasteiger partial charge is 0.389 e. The second-order valence-electron chi connectivity index (χ2n) is 4.57. The van der Waals surface area contributed by atoms with Crippen LogP contribution in [0.15, 0.2) is 12.3 Å². The van der Waals surface area contributed by atoms with E-state index in [-0.39, 0.29) is 12.5 Å². The lowest BCUT2D eigenvalue weighted by Crippen LogP contribution is -2.39. The van der Waals surface area contributed by atoms with Gasteiger partial charge in [0, 0.05) is 19.3 Å². The van der Waals surface area contributed by atoms with Crippen LogP contribution in [0.4, 0.5) is 19.1 Å². The van der Waals surface area contributed by atoms with E-state index in [0.717, 1.165) is 12.3 Å². The first kappa shape index (κ1) is 14.7. The van der Waals surface area contributed by atoms with Crippen molar-refractivity contribution in [1.82, 2.24) is 9.97 Å². The van der Waals surface area contributed by atoms with Gasteiger partial charge in [-0.25, -0.2) is 9.97 Å². The van der Waals surface area contributed by atoms with E-state index >= 15 is 0 Å². The molecule has 0 aliphatic carbocycles. The van der Waals surface area contributed by atoms with E-state index in [9.17, 15) is 18.3 Å². The number of anilines is 1. The van der Waals surface area contributed by atoms with Crippen LogP contribution in [0, 0.1) is 0 Å². The highest BCUT2D eigenvalue weighted by Gasteiger charge is 2.33. The van der Waals surface area contributed by atoms with Gasteiger partial charge < -0.3 is 10.0 Å². The van der Waals surface area contributed by atoms with Gasteiger partial charge >= 0.3 is 6.18 Å². The lowest BCUT2D eigenvalue weighted by Gasteiger charge is -2.28. The molecule has 0 aliphatic heterocycles. The Labute approximate surface area is 103 Å². The Kier molecular flexibility index (Phi) is 4.16. The van der Waals surface area contributed by atoms with Crippen molar-refractivity contribution >= 4 is 5.95 Å². The largest absolute Gasteiger partial charge is 0.433 e. The summed E-state index contributed by atoms with van der Waals surface area (Å²) >= 11 is 0. The molecule has 0 aliphatic rings. The van der Waals surface area contributed by atoms with Gasteiger partial charge in [-0.15, -0.1) is 0 Å². The maximum absolute atomic E-state index is 12.5. The quantitative estimate of drug-likeness (QED) is 0.903. The van der Waals surface area contributed by atoms with E-state index in [1.165, 1.54) is 4.90 Å². The molecular weight excluding hydrogens is 247 g/mol. The van der Waals surface area contributed by atoms with Gasteiger partial charge in [0.05, 0.1) is 5.60 Å².